The maximum Gasteiger partial charge on any atom is 0.253 e. The SMILES string of the molecule is COc1ccc(/C=N\NC(=O)C2CCN(C(=O)c3ccccc3)CC2)cc1OC. The molecule has 0 atom stereocenters. The first-order chi connectivity index (χ1) is 14.1. The first-order valence-corrected chi connectivity index (χ1v) is 9.51. The van der Waals surface area contributed by atoms with Crippen molar-refractivity contribution in [3.8, 4) is 11.5 Å². The number of likely N-dealkylation sites (tertiary alicyclic amines) is 1. The van der Waals surface area contributed by atoms with Crippen LogP contribution in [0, 0.1) is 5.92 Å². The molecule has 2 aromatic rings. The van der Waals surface area contributed by atoms with Gasteiger partial charge < -0.3 is 14.4 Å². The molecule has 1 aliphatic heterocycles. The van der Waals surface area contributed by atoms with E-state index in [9.17, 15) is 9.59 Å². The van der Waals surface area contributed by atoms with E-state index in [-0.39, 0.29) is 17.7 Å². The third-order valence-corrected chi connectivity index (χ3v) is 4.97. The fourth-order valence-corrected chi connectivity index (χ4v) is 3.30. The predicted octanol–water partition coefficient (Wildman–Crippen LogP) is 2.71. The molecule has 0 aromatic heterocycles. The average Bonchev–Trinajstić information content (AvgIpc) is 2.79. The molecule has 0 saturated carbocycles. The zero-order valence-electron chi connectivity index (χ0n) is 16.6. The van der Waals surface area contributed by atoms with Gasteiger partial charge in [-0.2, -0.15) is 5.10 Å². The Hall–Kier alpha value is -3.35. The largest absolute Gasteiger partial charge is 0.493 e. The van der Waals surface area contributed by atoms with E-state index in [1.54, 1.807) is 37.5 Å². The lowest BCUT2D eigenvalue weighted by Crippen LogP contribution is -2.42. The topological polar surface area (TPSA) is 80.2 Å². The van der Waals surface area contributed by atoms with Crippen LogP contribution in [0.15, 0.2) is 53.6 Å². The van der Waals surface area contributed by atoms with Crippen molar-refractivity contribution in [1.82, 2.24) is 10.3 Å². The van der Waals surface area contributed by atoms with Crippen LogP contribution >= 0.6 is 0 Å². The smallest absolute Gasteiger partial charge is 0.253 e. The average molecular weight is 395 g/mol. The molecule has 1 heterocycles. The number of carbonyl (C=O) groups excluding carboxylic acids is 2. The number of amides is 2. The minimum absolute atomic E-state index is 0.0101. The zero-order chi connectivity index (χ0) is 20.6. The highest BCUT2D eigenvalue weighted by molar-refractivity contribution is 5.94. The van der Waals surface area contributed by atoms with Gasteiger partial charge in [0.2, 0.25) is 5.91 Å². The van der Waals surface area contributed by atoms with Crippen LogP contribution in [0.2, 0.25) is 0 Å². The molecule has 152 valence electrons. The molecule has 0 bridgehead atoms. The van der Waals surface area contributed by atoms with Gasteiger partial charge in [-0.3, -0.25) is 9.59 Å². The van der Waals surface area contributed by atoms with E-state index < -0.39 is 0 Å². The fraction of sp³-hybridized carbons (Fsp3) is 0.318. The molecule has 1 N–H and O–H groups in total. The molecule has 7 heteroatoms. The van der Waals surface area contributed by atoms with Gasteiger partial charge >= 0.3 is 0 Å². The summed E-state index contributed by atoms with van der Waals surface area (Å²) < 4.78 is 10.5. The molecular formula is C22H25N3O4. The number of hydrogen-bond acceptors (Lipinski definition) is 5. The van der Waals surface area contributed by atoms with Gasteiger partial charge in [-0.15, -0.1) is 0 Å². The molecule has 0 radical (unpaired) electrons. The number of nitrogens with one attached hydrogen (secondary N) is 1. The molecule has 0 spiro atoms. The number of hydrazone groups is 1. The summed E-state index contributed by atoms with van der Waals surface area (Å²) in [5.41, 5.74) is 4.06. The predicted molar refractivity (Wildman–Crippen MR) is 110 cm³/mol. The fourth-order valence-electron chi connectivity index (χ4n) is 3.30. The van der Waals surface area contributed by atoms with Crippen LogP contribution in [0.25, 0.3) is 0 Å². The summed E-state index contributed by atoms with van der Waals surface area (Å²) in [5, 5.41) is 4.05. The number of nitrogens with zero attached hydrogens (tertiary/aromatic N) is 2. The van der Waals surface area contributed by atoms with Gasteiger partial charge in [0.1, 0.15) is 0 Å². The van der Waals surface area contributed by atoms with Crippen molar-refractivity contribution >= 4 is 18.0 Å². The summed E-state index contributed by atoms with van der Waals surface area (Å²) in [7, 11) is 3.14. The van der Waals surface area contributed by atoms with Crippen molar-refractivity contribution in [2.24, 2.45) is 11.0 Å². The third kappa shape index (κ3) is 5.13. The van der Waals surface area contributed by atoms with E-state index in [1.165, 1.54) is 0 Å². The maximum atomic E-state index is 12.5. The molecule has 7 nitrogen and oxygen atoms in total. The Balaban J connectivity index is 1.50. The second-order valence-electron chi connectivity index (χ2n) is 6.78. The summed E-state index contributed by atoms with van der Waals surface area (Å²) in [6.45, 7) is 1.12. The summed E-state index contributed by atoms with van der Waals surface area (Å²) in [5.74, 6) is 0.950. The van der Waals surface area contributed by atoms with Gasteiger partial charge in [0.25, 0.3) is 5.91 Å². The standard InChI is InChI=1S/C22H25N3O4/c1-28-19-9-8-16(14-20(19)29-2)15-23-24-21(26)17-10-12-25(13-11-17)22(27)18-6-4-3-5-7-18/h3-9,14-15,17H,10-13H2,1-2H3,(H,24,26)/b23-15-. The van der Waals surface area contributed by atoms with E-state index in [2.05, 4.69) is 10.5 Å². The van der Waals surface area contributed by atoms with Gasteiger partial charge in [0, 0.05) is 24.6 Å². The van der Waals surface area contributed by atoms with Gasteiger partial charge in [0.15, 0.2) is 11.5 Å². The number of ether oxygens (including phenoxy) is 2. The minimum atomic E-state index is -0.155. The summed E-state index contributed by atoms with van der Waals surface area (Å²) in [6.07, 6.45) is 2.81. The summed E-state index contributed by atoms with van der Waals surface area (Å²) in [4.78, 5) is 26.7. The van der Waals surface area contributed by atoms with Crippen LogP contribution in [0.3, 0.4) is 0 Å². The Morgan fingerprint density at radius 2 is 1.72 bits per heavy atom. The van der Waals surface area contributed by atoms with Crippen LogP contribution in [-0.4, -0.2) is 50.2 Å². The van der Waals surface area contributed by atoms with E-state index in [4.69, 9.17) is 9.47 Å². The molecule has 3 rings (SSSR count). The molecule has 0 unspecified atom stereocenters. The first-order valence-electron chi connectivity index (χ1n) is 9.51. The lowest BCUT2D eigenvalue weighted by molar-refractivity contribution is -0.126. The molecular weight excluding hydrogens is 370 g/mol. The molecule has 29 heavy (non-hydrogen) atoms. The Labute approximate surface area is 170 Å². The van der Waals surface area contributed by atoms with Crippen molar-refractivity contribution in [2.45, 2.75) is 12.8 Å². The van der Waals surface area contributed by atoms with Crippen LogP contribution in [0.4, 0.5) is 0 Å². The van der Waals surface area contributed by atoms with E-state index in [0.29, 0.717) is 43.0 Å². The van der Waals surface area contributed by atoms with Gasteiger partial charge in [0.05, 0.1) is 20.4 Å². The van der Waals surface area contributed by atoms with Crippen LogP contribution in [-0.2, 0) is 4.79 Å². The zero-order valence-corrected chi connectivity index (χ0v) is 16.6. The van der Waals surface area contributed by atoms with E-state index >= 15 is 0 Å². The van der Waals surface area contributed by atoms with Gasteiger partial charge in [-0.05, 0) is 48.7 Å². The number of methoxy groups -OCH3 is 2. The number of hydrogen-bond donors (Lipinski definition) is 1. The minimum Gasteiger partial charge on any atom is -0.493 e. The molecule has 0 aliphatic carbocycles. The Kier molecular flexibility index (Phi) is 6.84. The highest BCUT2D eigenvalue weighted by Gasteiger charge is 2.27. The van der Waals surface area contributed by atoms with Crippen molar-refractivity contribution in [2.75, 3.05) is 27.3 Å². The van der Waals surface area contributed by atoms with Crippen LogP contribution in [0.5, 0.6) is 11.5 Å². The quantitative estimate of drug-likeness (QED) is 0.602. The molecule has 1 aliphatic rings. The highest BCUT2D eigenvalue weighted by Crippen LogP contribution is 2.26. The van der Waals surface area contributed by atoms with Crippen LogP contribution in [0.1, 0.15) is 28.8 Å². The Morgan fingerprint density at radius 1 is 1.03 bits per heavy atom. The first kappa shape index (κ1) is 20.4. The summed E-state index contributed by atoms with van der Waals surface area (Å²) >= 11 is 0. The Morgan fingerprint density at radius 3 is 2.38 bits per heavy atom. The third-order valence-electron chi connectivity index (χ3n) is 4.97. The molecule has 2 aromatic carbocycles. The summed E-state index contributed by atoms with van der Waals surface area (Å²) in [6, 6.07) is 14.6. The Bertz CT molecular complexity index is 875. The second-order valence-corrected chi connectivity index (χ2v) is 6.78. The van der Waals surface area contributed by atoms with Crippen molar-refractivity contribution in [3.05, 3.63) is 59.7 Å². The van der Waals surface area contributed by atoms with Crippen molar-refractivity contribution < 1.29 is 19.1 Å². The molecule has 1 fully saturated rings. The lowest BCUT2D eigenvalue weighted by atomic mass is 9.95. The van der Waals surface area contributed by atoms with E-state index in [0.717, 1.165) is 5.56 Å². The van der Waals surface area contributed by atoms with Gasteiger partial charge in [-0.25, -0.2) is 5.43 Å². The molecule has 1 saturated heterocycles. The lowest BCUT2D eigenvalue weighted by Gasteiger charge is -2.31. The van der Waals surface area contributed by atoms with Crippen LogP contribution < -0.4 is 14.9 Å². The second kappa shape index (κ2) is 9.73. The van der Waals surface area contributed by atoms with Crippen molar-refractivity contribution in [1.29, 1.82) is 0 Å². The highest BCUT2D eigenvalue weighted by atomic mass is 16.5. The number of carbonyl (C=O) groups is 2. The number of piperidine rings is 1. The van der Waals surface area contributed by atoms with E-state index in [1.807, 2.05) is 36.4 Å². The van der Waals surface area contributed by atoms with Crippen molar-refractivity contribution in [3.63, 3.8) is 0 Å². The van der Waals surface area contributed by atoms with Gasteiger partial charge in [-0.1, -0.05) is 18.2 Å². The molecule has 2 amide bonds. The number of benzene rings is 2. The normalized spacial score (nSPS) is 14.6. The maximum absolute atomic E-state index is 12.5. The monoisotopic (exact) mass is 395 g/mol. The number of rotatable bonds is 6.